The van der Waals surface area contributed by atoms with Gasteiger partial charge in [-0.3, -0.25) is 4.98 Å². The number of pyridine rings is 1. The van der Waals surface area contributed by atoms with Gasteiger partial charge in [-0.05, 0) is 77.5 Å². The van der Waals surface area contributed by atoms with Gasteiger partial charge in [-0.1, -0.05) is 12.1 Å². The van der Waals surface area contributed by atoms with Crippen molar-refractivity contribution in [1.29, 1.82) is 0 Å². The summed E-state index contributed by atoms with van der Waals surface area (Å²) >= 11 is 1.75. The fourth-order valence-corrected chi connectivity index (χ4v) is 4.42. The molecule has 3 aromatic rings. The Bertz CT molecular complexity index is 902. The van der Waals surface area contributed by atoms with Crippen molar-refractivity contribution in [2.75, 3.05) is 31.2 Å². The van der Waals surface area contributed by atoms with Gasteiger partial charge in [0, 0.05) is 31.5 Å². The van der Waals surface area contributed by atoms with Gasteiger partial charge in [-0.2, -0.15) is 11.3 Å². The van der Waals surface area contributed by atoms with Crippen LogP contribution in [0.4, 0.5) is 5.69 Å². The highest BCUT2D eigenvalue weighted by molar-refractivity contribution is 7.07. The van der Waals surface area contributed by atoms with E-state index >= 15 is 0 Å². The van der Waals surface area contributed by atoms with E-state index in [0.29, 0.717) is 0 Å². The smallest absolute Gasteiger partial charge is 0.0642 e. The largest absolute Gasteiger partial charge is 0.378 e. The number of ether oxygens (including phenoxy) is 1. The summed E-state index contributed by atoms with van der Waals surface area (Å²) in [6, 6.07) is 13.5. The Balaban J connectivity index is 1.47. The van der Waals surface area contributed by atoms with Crippen LogP contribution in [0.15, 0.2) is 53.4 Å². The lowest BCUT2D eigenvalue weighted by Crippen LogP contribution is -2.36. The summed E-state index contributed by atoms with van der Waals surface area (Å²) in [7, 11) is 0. The normalized spacial score (nSPS) is 15.4. The van der Waals surface area contributed by atoms with E-state index in [-0.39, 0.29) is 6.04 Å². The molecule has 1 N–H and O–H groups in total. The SMILES string of the molecule is Cc1ccc(C(Cc2ccsc2)NCc2ccc(N3CCOCC3)cc2C)nc1. The molecule has 0 radical (unpaired) electrons. The molecule has 0 amide bonds. The molecule has 4 nitrogen and oxygen atoms in total. The predicted molar refractivity (Wildman–Crippen MR) is 121 cm³/mol. The molecule has 0 bridgehead atoms. The molecule has 5 heteroatoms. The summed E-state index contributed by atoms with van der Waals surface area (Å²) in [5.41, 5.74) is 7.61. The van der Waals surface area contributed by atoms with E-state index in [1.165, 1.54) is 27.9 Å². The second-order valence-electron chi connectivity index (χ2n) is 7.74. The first-order valence-electron chi connectivity index (χ1n) is 10.3. The molecule has 0 aliphatic carbocycles. The molecule has 1 aromatic carbocycles. The molecule has 0 spiro atoms. The summed E-state index contributed by atoms with van der Waals surface area (Å²) < 4.78 is 5.48. The van der Waals surface area contributed by atoms with Crippen molar-refractivity contribution in [1.82, 2.24) is 10.3 Å². The van der Waals surface area contributed by atoms with Gasteiger partial charge in [0.1, 0.15) is 0 Å². The van der Waals surface area contributed by atoms with Crippen LogP contribution in [0.25, 0.3) is 0 Å². The first-order valence-corrected chi connectivity index (χ1v) is 11.2. The van der Waals surface area contributed by atoms with Gasteiger partial charge < -0.3 is 15.0 Å². The van der Waals surface area contributed by atoms with E-state index in [1.807, 2.05) is 6.20 Å². The van der Waals surface area contributed by atoms with E-state index in [2.05, 4.69) is 71.2 Å². The minimum Gasteiger partial charge on any atom is -0.378 e. The van der Waals surface area contributed by atoms with E-state index in [4.69, 9.17) is 9.72 Å². The minimum absolute atomic E-state index is 0.198. The Kier molecular flexibility index (Phi) is 6.60. The first-order chi connectivity index (χ1) is 14.2. The zero-order chi connectivity index (χ0) is 20.1. The monoisotopic (exact) mass is 407 g/mol. The van der Waals surface area contributed by atoms with Gasteiger partial charge >= 0.3 is 0 Å². The Hall–Kier alpha value is -2.21. The van der Waals surface area contributed by atoms with Crippen molar-refractivity contribution < 1.29 is 4.74 Å². The van der Waals surface area contributed by atoms with Crippen LogP contribution in [0.2, 0.25) is 0 Å². The van der Waals surface area contributed by atoms with Crippen LogP contribution in [0.5, 0.6) is 0 Å². The van der Waals surface area contributed by atoms with Crippen molar-refractivity contribution in [2.24, 2.45) is 0 Å². The van der Waals surface area contributed by atoms with Gasteiger partial charge in [-0.15, -0.1) is 0 Å². The number of rotatable bonds is 7. The summed E-state index contributed by atoms with van der Waals surface area (Å²) in [5, 5.41) is 8.13. The van der Waals surface area contributed by atoms with E-state index in [0.717, 1.165) is 45.0 Å². The van der Waals surface area contributed by atoms with E-state index < -0.39 is 0 Å². The Morgan fingerprint density at radius 3 is 2.69 bits per heavy atom. The highest BCUT2D eigenvalue weighted by Gasteiger charge is 2.16. The molecule has 1 unspecified atom stereocenters. The van der Waals surface area contributed by atoms with Crippen LogP contribution in [0.3, 0.4) is 0 Å². The molecular formula is C24H29N3OS. The summed E-state index contributed by atoms with van der Waals surface area (Å²) in [5.74, 6) is 0. The summed E-state index contributed by atoms with van der Waals surface area (Å²) in [4.78, 5) is 7.10. The maximum atomic E-state index is 5.48. The number of anilines is 1. The van der Waals surface area contributed by atoms with Crippen molar-refractivity contribution >= 4 is 17.0 Å². The molecule has 1 saturated heterocycles. The van der Waals surface area contributed by atoms with Crippen molar-refractivity contribution in [3.05, 3.63) is 81.3 Å². The second-order valence-corrected chi connectivity index (χ2v) is 8.52. The predicted octanol–water partition coefficient (Wildman–Crippen LogP) is 4.67. The number of thiophene rings is 1. The van der Waals surface area contributed by atoms with Crippen molar-refractivity contribution in [3.8, 4) is 0 Å². The number of hydrogen-bond donors (Lipinski definition) is 1. The third-order valence-corrected chi connectivity index (χ3v) is 6.28. The summed E-state index contributed by atoms with van der Waals surface area (Å²) in [6.07, 6.45) is 2.91. The third-order valence-electron chi connectivity index (χ3n) is 5.55. The first kappa shape index (κ1) is 20.1. The molecular weight excluding hydrogens is 378 g/mol. The minimum atomic E-state index is 0.198. The average molecular weight is 408 g/mol. The number of aromatic nitrogens is 1. The lowest BCUT2D eigenvalue weighted by atomic mass is 10.0. The van der Waals surface area contributed by atoms with Crippen LogP contribution in [-0.4, -0.2) is 31.3 Å². The van der Waals surface area contributed by atoms with Gasteiger partial charge in [0.05, 0.1) is 24.9 Å². The van der Waals surface area contributed by atoms with Crippen LogP contribution in [0, 0.1) is 13.8 Å². The van der Waals surface area contributed by atoms with Crippen molar-refractivity contribution in [2.45, 2.75) is 32.9 Å². The molecule has 4 rings (SSSR count). The molecule has 1 atom stereocenters. The maximum absolute atomic E-state index is 5.48. The molecule has 29 heavy (non-hydrogen) atoms. The number of nitrogens with zero attached hydrogens (tertiary/aromatic N) is 2. The average Bonchev–Trinajstić information content (AvgIpc) is 3.26. The molecule has 2 aromatic heterocycles. The topological polar surface area (TPSA) is 37.4 Å². The van der Waals surface area contributed by atoms with Gasteiger partial charge in [0.2, 0.25) is 0 Å². The number of nitrogens with one attached hydrogen (secondary N) is 1. The van der Waals surface area contributed by atoms with E-state index in [9.17, 15) is 0 Å². The molecule has 0 saturated carbocycles. The van der Waals surface area contributed by atoms with Crippen molar-refractivity contribution in [3.63, 3.8) is 0 Å². The van der Waals surface area contributed by atoms with Crippen LogP contribution in [0.1, 0.15) is 34.0 Å². The second kappa shape index (κ2) is 9.53. The Morgan fingerprint density at radius 2 is 2.00 bits per heavy atom. The fourth-order valence-electron chi connectivity index (χ4n) is 3.74. The van der Waals surface area contributed by atoms with Crippen LogP contribution >= 0.6 is 11.3 Å². The number of aryl methyl sites for hydroxylation is 2. The molecule has 152 valence electrons. The molecule has 3 heterocycles. The molecule has 1 aliphatic rings. The third kappa shape index (κ3) is 5.24. The number of morpholine rings is 1. The lowest BCUT2D eigenvalue weighted by molar-refractivity contribution is 0.122. The van der Waals surface area contributed by atoms with Gasteiger partial charge in [-0.25, -0.2) is 0 Å². The standard InChI is InChI=1S/C24H29N3OS/c1-18-3-6-23(25-15-18)24(14-20-7-12-29-17-20)26-16-21-4-5-22(13-19(21)2)27-8-10-28-11-9-27/h3-7,12-13,15,17,24,26H,8-11,14,16H2,1-2H3. The number of hydrogen-bond acceptors (Lipinski definition) is 5. The van der Waals surface area contributed by atoms with Crippen LogP contribution in [-0.2, 0) is 17.7 Å². The quantitative estimate of drug-likeness (QED) is 0.618. The van der Waals surface area contributed by atoms with E-state index in [1.54, 1.807) is 11.3 Å². The van der Waals surface area contributed by atoms with Gasteiger partial charge in [0.25, 0.3) is 0 Å². The fraction of sp³-hybridized carbons (Fsp3) is 0.375. The Labute approximate surface area is 177 Å². The highest BCUT2D eigenvalue weighted by Crippen LogP contribution is 2.23. The highest BCUT2D eigenvalue weighted by atomic mass is 32.1. The van der Waals surface area contributed by atoms with Crippen LogP contribution < -0.4 is 10.2 Å². The zero-order valence-corrected chi connectivity index (χ0v) is 18.0. The lowest BCUT2D eigenvalue weighted by Gasteiger charge is -2.29. The maximum Gasteiger partial charge on any atom is 0.0642 e. The summed E-state index contributed by atoms with van der Waals surface area (Å²) in [6.45, 7) is 8.69. The van der Waals surface area contributed by atoms with Gasteiger partial charge in [0.15, 0.2) is 0 Å². The molecule has 1 aliphatic heterocycles. The molecule has 1 fully saturated rings. The Morgan fingerprint density at radius 1 is 1.14 bits per heavy atom. The number of benzene rings is 1. The zero-order valence-electron chi connectivity index (χ0n) is 17.2.